The largest absolute Gasteiger partial charge is 0.347 e. The Kier molecular flexibility index (Phi) is 3.44. The Bertz CT molecular complexity index is 604. The Morgan fingerprint density at radius 2 is 2.42 bits per heavy atom. The first kappa shape index (κ1) is 12.5. The summed E-state index contributed by atoms with van der Waals surface area (Å²) in [7, 11) is 1.97. The third-order valence-corrected chi connectivity index (χ3v) is 4.27. The van der Waals surface area contributed by atoms with Gasteiger partial charge in [0.2, 0.25) is 5.91 Å². The number of thioether (sulfide) groups is 1. The maximum Gasteiger partial charge on any atom is 0.238 e. The highest BCUT2D eigenvalue weighted by Crippen LogP contribution is 2.14. The number of nitrogens with one attached hydrogen (secondary N) is 2. The molecular formula is C13H16N4OS. The molecule has 1 atom stereocenters. The first-order chi connectivity index (χ1) is 9.25. The second kappa shape index (κ2) is 5.22. The quantitative estimate of drug-likeness (QED) is 0.872. The fraction of sp³-hybridized carbons (Fsp3) is 0.385. The third-order valence-electron chi connectivity index (χ3n) is 3.33. The Balaban J connectivity index is 1.71. The van der Waals surface area contributed by atoms with Crippen molar-refractivity contribution in [2.24, 2.45) is 7.05 Å². The summed E-state index contributed by atoms with van der Waals surface area (Å²) < 4.78 is 2.02. The number of nitrogens with zero attached hydrogens (tertiary/aromatic N) is 2. The summed E-state index contributed by atoms with van der Waals surface area (Å²) >= 11 is 1.75. The number of aromatic nitrogens is 2. The first-order valence-corrected chi connectivity index (χ1v) is 7.40. The van der Waals surface area contributed by atoms with Crippen LogP contribution in [0.15, 0.2) is 24.3 Å². The van der Waals surface area contributed by atoms with Gasteiger partial charge in [-0.05, 0) is 12.1 Å². The van der Waals surface area contributed by atoms with Gasteiger partial charge in [0.1, 0.15) is 5.82 Å². The lowest BCUT2D eigenvalue weighted by Gasteiger charge is -2.10. The van der Waals surface area contributed by atoms with Crippen molar-refractivity contribution in [2.45, 2.75) is 12.6 Å². The minimum atomic E-state index is -0.0697. The van der Waals surface area contributed by atoms with Crippen LogP contribution in [0.4, 0.5) is 0 Å². The summed E-state index contributed by atoms with van der Waals surface area (Å²) in [6.07, 6.45) is 0. The number of benzene rings is 1. The molecule has 1 saturated heterocycles. The van der Waals surface area contributed by atoms with Gasteiger partial charge in [0, 0.05) is 18.7 Å². The van der Waals surface area contributed by atoms with Crippen LogP contribution in [0, 0.1) is 0 Å². The molecule has 0 saturated carbocycles. The standard InChI is InChI=1S/C13H16N4OS/c1-17-11-5-3-2-4-9(11)16-12(17)6-14-13(18)10-7-19-8-15-10/h2-5,10,15H,6-8H2,1H3,(H,14,18). The van der Waals surface area contributed by atoms with Crippen LogP contribution in [0.5, 0.6) is 0 Å². The van der Waals surface area contributed by atoms with E-state index in [1.54, 1.807) is 11.8 Å². The Morgan fingerprint density at radius 1 is 1.58 bits per heavy atom. The van der Waals surface area contributed by atoms with Crippen molar-refractivity contribution in [3.8, 4) is 0 Å². The molecule has 2 N–H and O–H groups in total. The van der Waals surface area contributed by atoms with Gasteiger partial charge in [0.15, 0.2) is 0 Å². The Labute approximate surface area is 115 Å². The SMILES string of the molecule is Cn1c(CNC(=O)C2CSCN2)nc2ccccc21. The van der Waals surface area contributed by atoms with Crippen LogP contribution in [0.3, 0.4) is 0 Å². The van der Waals surface area contributed by atoms with Gasteiger partial charge in [-0.1, -0.05) is 12.1 Å². The van der Waals surface area contributed by atoms with Crippen molar-refractivity contribution in [1.82, 2.24) is 20.2 Å². The zero-order valence-electron chi connectivity index (χ0n) is 10.7. The second-order valence-electron chi connectivity index (χ2n) is 4.57. The highest BCUT2D eigenvalue weighted by atomic mass is 32.2. The number of rotatable bonds is 3. The molecule has 19 heavy (non-hydrogen) atoms. The lowest BCUT2D eigenvalue weighted by molar-refractivity contribution is -0.122. The molecule has 5 nitrogen and oxygen atoms in total. The predicted molar refractivity (Wildman–Crippen MR) is 76.8 cm³/mol. The number of hydrogen-bond donors (Lipinski definition) is 2. The van der Waals surface area contributed by atoms with Gasteiger partial charge >= 0.3 is 0 Å². The molecule has 1 aliphatic rings. The molecular weight excluding hydrogens is 260 g/mol. The summed E-state index contributed by atoms with van der Waals surface area (Å²) in [5.74, 6) is 2.62. The van der Waals surface area contributed by atoms with E-state index in [-0.39, 0.29) is 11.9 Å². The van der Waals surface area contributed by atoms with E-state index >= 15 is 0 Å². The molecule has 1 aliphatic heterocycles. The maximum atomic E-state index is 11.9. The summed E-state index contributed by atoms with van der Waals surface area (Å²) in [5.41, 5.74) is 2.05. The van der Waals surface area contributed by atoms with Crippen LogP contribution in [-0.4, -0.2) is 33.1 Å². The zero-order chi connectivity index (χ0) is 13.2. The van der Waals surface area contributed by atoms with Gasteiger partial charge in [0.25, 0.3) is 0 Å². The van der Waals surface area contributed by atoms with Crippen molar-refractivity contribution in [3.63, 3.8) is 0 Å². The smallest absolute Gasteiger partial charge is 0.238 e. The van der Waals surface area contributed by atoms with E-state index in [1.165, 1.54) is 0 Å². The van der Waals surface area contributed by atoms with Crippen molar-refractivity contribution < 1.29 is 4.79 Å². The van der Waals surface area contributed by atoms with E-state index < -0.39 is 0 Å². The summed E-state index contributed by atoms with van der Waals surface area (Å²) in [6.45, 7) is 0.465. The fourth-order valence-corrected chi connectivity index (χ4v) is 3.15. The third kappa shape index (κ3) is 2.46. The van der Waals surface area contributed by atoms with Crippen molar-refractivity contribution in [1.29, 1.82) is 0 Å². The van der Waals surface area contributed by atoms with Gasteiger partial charge in [-0.3, -0.25) is 10.1 Å². The van der Waals surface area contributed by atoms with Crippen molar-refractivity contribution >= 4 is 28.7 Å². The number of amides is 1. The van der Waals surface area contributed by atoms with Gasteiger partial charge < -0.3 is 9.88 Å². The predicted octanol–water partition coefficient (Wildman–Crippen LogP) is 0.852. The molecule has 0 spiro atoms. The molecule has 1 amide bonds. The highest BCUT2D eigenvalue weighted by Gasteiger charge is 2.22. The maximum absolute atomic E-state index is 11.9. The Morgan fingerprint density at radius 3 is 3.16 bits per heavy atom. The summed E-state index contributed by atoms with van der Waals surface area (Å²) in [5, 5.41) is 6.10. The number of fused-ring (bicyclic) bond motifs is 1. The molecule has 0 radical (unpaired) electrons. The Hall–Kier alpha value is -1.53. The van der Waals surface area contributed by atoms with Gasteiger partial charge in [-0.15, -0.1) is 11.8 Å². The zero-order valence-corrected chi connectivity index (χ0v) is 11.5. The van der Waals surface area contributed by atoms with Crippen LogP contribution in [-0.2, 0) is 18.4 Å². The number of hydrogen-bond acceptors (Lipinski definition) is 4. The monoisotopic (exact) mass is 276 g/mol. The molecule has 3 rings (SSSR count). The molecule has 1 unspecified atom stereocenters. The molecule has 0 bridgehead atoms. The average Bonchev–Trinajstić information content (AvgIpc) is 3.05. The molecule has 1 aromatic heterocycles. The molecule has 1 aromatic carbocycles. The minimum absolute atomic E-state index is 0.0528. The topological polar surface area (TPSA) is 59.0 Å². The van der Waals surface area contributed by atoms with Crippen LogP contribution in [0.25, 0.3) is 11.0 Å². The average molecular weight is 276 g/mol. The van der Waals surface area contributed by atoms with Crippen LogP contribution in [0.1, 0.15) is 5.82 Å². The van der Waals surface area contributed by atoms with E-state index in [1.807, 2.05) is 35.9 Å². The molecule has 1 fully saturated rings. The number of imidazole rings is 1. The lowest BCUT2D eigenvalue weighted by Crippen LogP contribution is -2.41. The van der Waals surface area contributed by atoms with Crippen molar-refractivity contribution in [2.75, 3.05) is 11.6 Å². The minimum Gasteiger partial charge on any atom is -0.347 e. The molecule has 0 aliphatic carbocycles. The van der Waals surface area contributed by atoms with E-state index in [0.29, 0.717) is 6.54 Å². The van der Waals surface area contributed by atoms with Crippen LogP contribution >= 0.6 is 11.8 Å². The molecule has 100 valence electrons. The first-order valence-electron chi connectivity index (χ1n) is 6.25. The second-order valence-corrected chi connectivity index (χ2v) is 5.60. The lowest BCUT2D eigenvalue weighted by atomic mass is 10.3. The normalized spacial score (nSPS) is 18.9. The summed E-state index contributed by atoms with van der Waals surface area (Å²) in [6, 6.07) is 7.90. The number of carbonyl (C=O) groups excluding carboxylic acids is 1. The van der Waals surface area contributed by atoms with E-state index in [9.17, 15) is 4.79 Å². The molecule has 2 heterocycles. The van der Waals surface area contributed by atoms with E-state index in [4.69, 9.17) is 0 Å². The molecule has 2 aromatic rings. The van der Waals surface area contributed by atoms with Gasteiger partial charge in [0.05, 0.1) is 23.6 Å². The number of para-hydroxylation sites is 2. The number of aryl methyl sites for hydroxylation is 1. The highest BCUT2D eigenvalue weighted by molar-refractivity contribution is 7.99. The molecule has 6 heteroatoms. The van der Waals surface area contributed by atoms with Crippen LogP contribution in [0.2, 0.25) is 0 Å². The van der Waals surface area contributed by atoms with Crippen molar-refractivity contribution in [3.05, 3.63) is 30.1 Å². The van der Waals surface area contributed by atoms with E-state index in [0.717, 1.165) is 28.5 Å². The van der Waals surface area contributed by atoms with Gasteiger partial charge in [-0.25, -0.2) is 4.98 Å². The number of carbonyl (C=O) groups is 1. The van der Waals surface area contributed by atoms with E-state index in [2.05, 4.69) is 15.6 Å². The fourth-order valence-electron chi connectivity index (χ4n) is 2.21. The summed E-state index contributed by atoms with van der Waals surface area (Å²) in [4.78, 5) is 16.5. The van der Waals surface area contributed by atoms with Crippen LogP contribution < -0.4 is 10.6 Å². The van der Waals surface area contributed by atoms with Gasteiger partial charge in [-0.2, -0.15) is 0 Å².